The topological polar surface area (TPSA) is 75.7 Å². The van der Waals surface area contributed by atoms with Gasteiger partial charge in [-0.1, -0.05) is 91.9 Å². The first-order valence-electron chi connectivity index (χ1n) is 14.4. The molecule has 0 aliphatic carbocycles. The van der Waals surface area contributed by atoms with Crippen molar-refractivity contribution in [3.63, 3.8) is 0 Å². The molecular weight excluding hydrogens is 524 g/mol. The molecule has 1 spiro atoms. The molecule has 1 N–H and O–H groups in total. The van der Waals surface area contributed by atoms with Crippen LogP contribution in [0.25, 0.3) is 6.08 Å². The third-order valence-corrected chi connectivity index (χ3v) is 8.79. The van der Waals surface area contributed by atoms with Crippen LogP contribution in [0.15, 0.2) is 109 Å². The number of Topliss-reactive ketones (excluding diaryl/α,β-unsaturated/α-hetero) is 2. The second kappa shape index (κ2) is 10.1. The van der Waals surface area contributed by atoms with E-state index in [2.05, 4.69) is 5.32 Å². The van der Waals surface area contributed by atoms with E-state index in [1.165, 1.54) is 0 Å². The zero-order valence-corrected chi connectivity index (χ0v) is 23.2. The highest BCUT2D eigenvalue weighted by Crippen LogP contribution is 2.62. The van der Waals surface area contributed by atoms with Crippen molar-refractivity contribution < 1.29 is 19.1 Å². The smallest absolute Gasteiger partial charge is 0.238 e. The summed E-state index contributed by atoms with van der Waals surface area (Å²) in [4.78, 5) is 46.2. The Bertz CT molecular complexity index is 1750. The Hall–Kier alpha value is -4.97. The zero-order chi connectivity index (χ0) is 28.8. The molecule has 1 fully saturated rings. The number of amides is 1. The molecule has 7 rings (SSSR count). The molecule has 42 heavy (non-hydrogen) atoms. The number of benzene rings is 4. The lowest BCUT2D eigenvalue weighted by molar-refractivity contribution is -0.122. The van der Waals surface area contributed by atoms with E-state index in [0.717, 1.165) is 23.1 Å². The highest BCUT2D eigenvalue weighted by Gasteiger charge is 2.70. The van der Waals surface area contributed by atoms with Gasteiger partial charge in [0.1, 0.15) is 17.2 Å². The van der Waals surface area contributed by atoms with Crippen molar-refractivity contribution in [1.82, 2.24) is 4.90 Å². The van der Waals surface area contributed by atoms with Gasteiger partial charge >= 0.3 is 0 Å². The van der Waals surface area contributed by atoms with Gasteiger partial charge in [0, 0.05) is 17.5 Å². The van der Waals surface area contributed by atoms with Crippen molar-refractivity contribution in [1.29, 1.82) is 0 Å². The largest absolute Gasteiger partial charge is 0.493 e. The number of rotatable bonds is 7. The van der Waals surface area contributed by atoms with Crippen molar-refractivity contribution >= 4 is 29.2 Å². The van der Waals surface area contributed by atoms with Crippen molar-refractivity contribution in [2.75, 3.05) is 11.9 Å². The molecule has 6 heteroatoms. The summed E-state index contributed by atoms with van der Waals surface area (Å²) in [6, 6.07) is 30.1. The number of hydrogen-bond donors (Lipinski definition) is 1. The number of carbonyl (C=O) groups is 3. The van der Waals surface area contributed by atoms with Gasteiger partial charge < -0.3 is 15.0 Å². The summed E-state index contributed by atoms with van der Waals surface area (Å²) < 4.78 is 6.01. The van der Waals surface area contributed by atoms with Gasteiger partial charge in [-0.05, 0) is 47.4 Å². The van der Waals surface area contributed by atoms with E-state index in [-0.39, 0.29) is 17.5 Å². The summed E-state index contributed by atoms with van der Waals surface area (Å²) in [5.74, 6) is -1.31. The number of nitrogens with zero attached hydrogens (tertiary/aromatic N) is 1. The number of carbonyl (C=O) groups excluding carboxylic acids is 3. The predicted molar refractivity (Wildman–Crippen MR) is 161 cm³/mol. The number of ketones is 2. The fourth-order valence-corrected chi connectivity index (χ4v) is 7.12. The summed E-state index contributed by atoms with van der Waals surface area (Å²) in [7, 11) is 0. The molecule has 208 valence electrons. The quantitative estimate of drug-likeness (QED) is 0.266. The molecule has 3 heterocycles. The van der Waals surface area contributed by atoms with Crippen LogP contribution in [0.3, 0.4) is 0 Å². The summed E-state index contributed by atoms with van der Waals surface area (Å²) in [5, 5.41) is 3.09. The van der Waals surface area contributed by atoms with Crippen LogP contribution in [0.4, 0.5) is 5.69 Å². The Balaban J connectivity index is 1.52. The fraction of sp³-hybridized carbons (Fsp3) is 0.194. The van der Waals surface area contributed by atoms with Crippen LogP contribution in [0.2, 0.25) is 0 Å². The van der Waals surface area contributed by atoms with E-state index < -0.39 is 23.4 Å². The maximum atomic E-state index is 14.9. The van der Waals surface area contributed by atoms with E-state index in [1.807, 2.05) is 96.9 Å². The first kappa shape index (κ1) is 26.0. The highest BCUT2D eigenvalue weighted by atomic mass is 16.5. The number of fused-ring (bicyclic) bond motifs is 6. The Morgan fingerprint density at radius 1 is 0.857 bits per heavy atom. The summed E-state index contributed by atoms with van der Waals surface area (Å²) >= 11 is 0. The summed E-state index contributed by atoms with van der Waals surface area (Å²) in [6.07, 6.45) is 4.64. The Morgan fingerprint density at radius 3 is 2.40 bits per heavy atom. The monoisotopic (exact) mass is 554 g/mol. The van der Waals surface area contributed by atoms with Gasteiger partial charge in [-0.2, -0.15) is 0 Å². The van der Waals surface area contributed by atoms with E-state index >= 15 is 0 Å². The average Bonchev–Trinajstić information content (AvgIpc) is 3.52. The van der Waals surface area contributed by atoms with Crippen LogP contribution in [-0.4, -0.2) is 35.0 Å². The zero-order valence-electron chi connectivity index (χ0n) is 23.2. The molecule has 1 saturated heterocycles. The standard InChI is InChI=1S/C36H30N2O4/c1-2-22-42-29-19-11-8-16-26(29)33(40)31-30(32(39)24-13-4-3-5-14-24)36(27-17-9-10-18-28(27)37-35(36)41)34-25-15-7-6-12-23(25)20-21-38(31)34/h3-21,30-31,34H,2,22H2,1H3,(H,37,41)/t30-,31-,34+,36-/m0/s1. The Labute approximate surface area is 244 Å². The number of hydrogen-bond acceptors (Lipinski definition) is 5. The second-order valence-corrected chi connectivity index (χ2v) is 11.0. The predicted octanol–water partition coefficient (Wildman–Crippen LogP) is 6.46. The van der Waals surface area contributed by atoms with E-state index in [1.54, 1.807) is 30.3 Å². The molecule has 3 aliphatic rings. The lowest BCUT2D eigenvalue weighted by atomic mass is 9.62. The first-order chi connectivity index (χ1) is 20.6. The van der Waals surface area contributed by atoms with Crippen LogP contribution >= 0.6 is 0 Å². The van der Waals surface area contributed by atoms with E-state index in [4.69, 9.17) is 4.74 Å². The van der Waals surface area contributed by atoms with Gasteiger partial charge in [0.2, 0.25) is 5.91 Å². The van der Waals surface area contributed by atoms with Gasteiger partial charge in [-0.25, -0.2) is 0 Å². The van der Waals surface area contributed by atoms with Gasteiger partial charge in [0.05, 0.1) is 24.1 Å². The lowest BCUT2D eigenvalue weighted by Crippen LogP contribution is -2.49. The summed E-state index contributed by atoms with van der Waals surface area (Å²) in [6.45, 7) is 2.47. The molecule has 4 aromatic carbocycles. The Kier molecular flexibility index (Phi) is 6.27. The van der Waals surface area contributed by atoms with Gasteiger partial charge in [-0.15, -0.1) is 0 Å². The Morgan fingerprint density at radius 2 is 1.57 bits per heavy atom. The molecule has 3 aliphatic heterocycles. The maximum absolute atomic E-state index is 14.9. The average molecular weight is 555 g/mol. The molecule has 6 nitrogen and oxygen atoms in total. The number of ether oxygens (including phenoxy) is 1. The van der Waals surface area contributed by atoms with Crippen LogP contribution < -0.4 is 10.1 Å². The van der Waals surface area contributed by atoms with Crippen molar-refractivity contribution in [2.45, 2.75) is 30.8 Å². The molecule has 0 radical (unpaired) electrons. The molecule has 0 aromatic heterocycles. The van der Waals surface area contributed by atoms with Crippen molar-refractivity contribution in [3.05, 3.63) is 137 Å². The van der Waals surface area contributed by atoms with Gasteiger partial charge in [0.15, 0.2) is 11.6 Å². The van der Waals surface area contributed by atoms with Gasteiger partial charge in [0.25, 0.3) is 0 Å². The fourth-order valence-electron chi connectivity index (χ4n) is 7.12. The lowest BCUT2D eigenvalue weighted by Gasteiger charge is -2.38. The molecule has 4 atom stereocenters. The minimum absolute atomic E-state index is 0.243. The van der Waals surface area contributed by atoms with Gasteiger partial charge in [-0.3, -0.25) is 14.4 Å². The number of nitrogens with one attached hydrogen (secondary N) is 1. The highest BCUT2D eigenvalue weighted by molar-refractivity contribution is 6.17. The van der Waals surface area contributed by atoms with E-state index in [9.17, 15) is 14.4 Å². The van der Waals surface area contributed by atoms with Crippen LogP contribution in [0, 0.1) is 5.92 Å². The van der Waals surface area contributed by atoms with Crippen LogP contribution in [-0.2, 0) is 10.2 Å². The minimum atomic E-state index is -1.36. The number of para-hydroxylation sites is 2. The molecule has 0 unspecified atom stereocenters. The second-order valence-electron chi connectivity index (χ2n) is 11.0. The van der Waals surface area contributed by atoms with Crippen molar-refractivity contribution in [2.24, 2.45) is 5.92 Å². The van der Waals surface area contributed by atoms with Crippen LogP contribution in [0.5, 0.6) is 5.75 Å². The molecule has 1 amide bonds. The molecule has 4 aromatic rings. The normalized spacial score (nSPS) is 23.2. The molecular formula is C36H30N2O4. The summed E-state index contributed by atoms with van der Waals surface area (Å²) in [5.41, 5.74) is 2.77. The SMILES string of the molecule is CCCOc1ccccc1C(=O)[C@@H]1[C@@H](C(=O)c2ccccc2)[C@]2(C(=O)Nc3ccccc32)[C@H]2c3ccccc3C=CN12. The minimum Gasteiger partial charge on any atom is -0.493 e. The molecule has 0 bridgehead atoms. The third-order valence-electron chi connectivity index (χ3n) is 8.79. The number of anilines is 1. The van der Waals surface area contributed by atoms with Crippen LogP contribution in [0.1, 0.15) is 56.8 Å². The van der Waals surface area contributed by atoms with E-state index in [0.29, 0.717) is 29.2 Å². The first-order valence-corrected chi connectivity index (χ1v) is 14.4. The third kappa shape index (κ3) is 3.68. The maximum Gasteiger partial charge on any atom is 0.238 e. The van der Waals surface area contributed by atoms with Crippen molar-refractivity contribution in [3.8, 4) is 5.75 Å². The molecule has 0 saturated carbocycles.